The number of amides is 2. The first-order valence-electron chi connectivity index (χ1n) is 11.2. The highest BCUT2D eigenvalue weighted by atomic mass is 19.3. The number of alkyl carbamates (subject to hydrolysis) is 1. The summed E-state index contributed by atoms with van der Waals surface area (Å²) in [5.74, 6) is -7.77. The van der Waals surface area contributed by atoms with E-state index in [1.807, 2.05) is 0 Å². The summed E-state index contributed by atoms with van der Waals surface area (Å²) >= 11 is 0. The number of Topliss-reactive ketones (excluding diaryl/α,β-unsaturated/α-hetero) is 1. The Morgan fingerprint density at radius 1 is 1.09 bits per heavy atom. The van der Waals surface area contributed by atoms with Gasteiger partial charge in [0.1, 0.15) is 17.7 Å². The second-order valence-corrected chi connectivity index (χ2v) is 9.81. The van der Waals surface area contributed by atoms with Gasteiger partial charge >= 0.3 is 6.09 Å². The smallest absolute Gasteiger partial charge is 0.407 e. The number of ether oxygens (including phenoxy) is 1. The van der Waals surface area contributed by atoms with Crippen molar-refractivity contribution in [3.8, 4) is 0 Å². The molecule has 0 aliphatic heterocycles. The Labute approximate surface area is 199 Å². The minimum absolute atomic E-state index is 0.0238. The molecule has 0 heterocycles. The maximum atomic E-state index is 15.1. The van der Waals surface area contributed by atoms with E-state index in [-0.39, 0.29) is 18.9 Å². The zero-order valence-electron chi connectivity index (χ0n) is 20.6. The number of ketones is 1. The third-order valence-electron chi connectivity index (χ3n) is 5.05. The third-order valence-corrected chi connectivity index (χ3v) is 5.05. The highest BCUT2D eigenvalue weighted by Crippen LogP contribution is 2.29. The fraction of sp³-hybridized carbons (Fsp3) is 0.625. The molecule has 2 amide bonds. The zero-order chi connectivity index (χ0) is 26.3. The summed E-state index contributed by atoms with van der Waals surface area (Å²) in [5.41, 5.74) is 5.45. The predicted molar refractivity (Wildman–Crippen MR) is 124 cm³/mol. The van der Waals surface area contributed by atoms with E-state index in [2.05, 4.69) is 10.6 Å². The average Bonchev–Trinajstić information content (AvgIpc) is 2.73. The first kappa shape index (κ1) is 29.4. The van der Waals surface area contributed by atoms with Crippen molar-refractivity contribution < 1.29 is 33.0 Å². The van der Waals surface area contributed by atoms with Gasteiger partial charge in [0.05, 0.1) is 12.0 Å². The zero-order valence-corrected chi connectivity index (χ0v) is 20.6. The van der Waals surface area contributed by atoms with Gasteiger partial charge in [0, 0.05) is 6.54 Å². The lowest BCUT2D eigenvalue weighted by molar-refractivity contribution is -0.158. The summed E-state index contributed by atoms with van der Waals surface area (Å²) in [4.78, 5) is 37.1. The van der Waals surface area contributed by atoms with Crippen LogP contribution in [0.1, 0.15) is 53.5 Å². The van der Waals surface area contributed by atoms with Crippen LogP contribution in [0.2, 0.25) is 0 Å². The Bertz CT molecular complexity index is 828. The molecule has 34 heavy (non-hydrogen) atoms. The van der Waals surface area contributed by atoms with Gasteiger partial charge in [-0.15, -0.1) is 0 Å². The van der Waals surface area contributed by atoms with E-state index in [0.717, 1.165) is 5.56 Å². The molecule has 8 nitrogen and oxygen atoms in total. The second-order valence-electron chi connectivity index (χ2n) is 9.81. The molecule has 5 N–H and O–H groups in total. The number of benzene rings is 1. The molecule has 1 rings (SSSR count). The van der Waals surface area contributed by atoms with Crippen LogP contribution in [0.4, 0.5) is 13.6 Å². The van der Waals surface area contributed by atoms with E-state index >= 15 is 8.78 Å². The minimum atomic E-state index is -4.13. The van der Waals surface area contributed by atoms with Crippen LogP contribution < -0.4 is 16.4 Å². The number of nitrogens with two attached hydrogens (primary N) is 1. The normalized spacial score (nSPS) is 15.7. The molecule has 0 fully saturated rings. The number of hydrogen-bond donors (Lipinski definition) is 4. The third kappa shape index (κ3) is 8.98. The number of alkyl halides is 2. The van der Waals surface area contributed by atoms with Crippen molar-refractivity contribution >= 4 is 17.8 Å². The van der Waals surface area contributed by atoms with E-state index in [1.165, 1.54) is 6.92 Å². The Balaban J connectivity index is 2.91. The second kappa shape index (κ2) is 12.2. The van der Waals surface area contributed by atoms with Crippen LogP contribution in [-0.4, -0.2) is 52.6 Å². The highest BCUT2D eigenvalue weighted by molar-refractivity contribution is 6.03. The Hall–Kier alpha value is -2.59. The topological polar surface area (TPSA) is 131 Å². The maximum absolute atomic E-state index is 15.1. The largest absolute Gasteiger partial charge is 0.444 e. The van der Waals surface area contributed by atoms with Crippen LogP contribution in [0, 0.1) is 11.8 Å². The summed E-state index contributed by atoms with van der Waals surface area (Å²) in [6.45, 7) is 9.55. The number of nitrogens with one attached hydrogen (secondary N) is 2. The van der Waals surface area contributed by atoms with Crippen molar-refractivity contribution in [1.82, 2.24) is 10.6 Å². The standard InChI is InChI=1S/C24H37F2N3O5/c1-14(2)12-17(29-22(33)34-23(4,5)6)20(31)24(25,26)19(27)18(30)15(3)21(32)28-13-16-10-8-7-9-11-16/h7-11,14-15,17,19-20,31H,12-13,27H2,1-6H3,(H,28,32)(H,29,33). The molecular formula is C24H37F2N3O5. The molecule has 4 atom stereocenters. The number of hydrogen-bond acceptors (Lipinski definition) is 6. The Kier molecular flexibility index (Phi) is 10.6. The molecule has 0 aliphatic carbocycles. The number of carbonyl (C=O) groups is 3. The van der Waals surface area contributed by atoms with Crippen molar-refractivity contribution in [2.45, 2.75) is 84.2 Å². The SMILES string of the molecule is CC(C)CC(NC(=O)OC(C)(C)C)C(O)C(F)(F)C(N)C(=O)C(C)C(=O)NCc1ccccc1. The Morgan fingerprint density at radius 3 is 2.15 bits per heavy atom. The monoisotopic (exact) mass is 485 g/mol. The maximum Gasteiger partial charge on any atom is 0.407 e. The fourth-order valence-electron chi connectivity index (χ4n) is 3.21. The number of carbonyl (C=O) groups excluding carboxylic acids is 3. The molecular weight excluding hydrogens is 448 g/mol. The van der Waals surface area contributed by atoms with Gasteiger partial charge in [-0.25, -0.2) is 13.6 Å². The number of halogens is 2. The summed E-state index contributed by atoms with van der Waals surface area (Å²) in [6.07, 6.45) is -3.49. The predicted octanol–water partition coefficient (Wildman–Crippen LogP) is 2.77. The van der Waals surface area contributed by atoms with Gasteiger partial charge in [0.15, 0.2) is 5.78 Å². The molecule has 4 unspecified atom stereocenters. The summed E-state index contributed by atoms with van der Waals surface area (Å²) < 4.78 is 35.3. The van der Waals surface area contributed by atoms with Crippen LogP contribution in [0.5, 0.6) is 0 Å². The quantitative estimate of drug-likeness (QED) is 0.357. The molecule has 0 spiro atoms. The highest BCUT2D eigenvalue weighted by Gasteiger charge is 2.53. The summed E-state index contributed by atoms with van der Waals surface area (Å²) in [7, 11) is 0. The van der Waals surface area contributed by atoms with Crippen LogP contribution in [0.15, 0.2) is 30.3 Å². The average molecular weight is 486 g/mol. The lowest BCUT2D eigenvalue weighted by atomic mass is 9.87. The van der Waals surface area contributed by atoms with Gasteiger partial charge in [-0.2, -0.15) is 0 Å². The van der Waals surface area contributed by atoms with Gasteiger partial charge in [-0.3, -0.25) is 9.59 Å². The lowest BCUT2D eigenvalue weighted by Gasteiger charge is -2.34. The van der Waals surface area contributed by atoms with Gasteiger partial charge < -0.3 is 26.2 Å². The summed E-state index contributed by atoms with van der Waals surface area (Å²) in [5, 5.41) is 15.2. The molecule has 192 valence electrons. The van der Waals surface area contributed by atoms with Crippen LogP contribution in [0.3, 0.4) is 0 Å². The van der Waals surface area contributed by atoms with E-state index in [4.69, 9.17) is 10.5 Å². The van der Waals surface area contributed by atoms with Gasteiger partial charge in [0.2, 0.25) is 5.91 Å². The first-order chi connectivity index (χ1) is 15.6. The lowest BCUT2D eigenvalue weighted by Crippen LogP contribution is -2.62. The van der Waals surface area contributed by atoms with Crippen LogP contribution in [-0.2, 0) is 20.9 Å². The molecule has 0 saturated heterocycles. The summed E-state index contributed by atoms with van der Waals surface area (Å²) in [6, 6.07) is 4.96. The molecule has 0 aliphatic rings. The molecule has 0 bridgehead atoms. The van der Waals surface area contributed by atoms with Crippen molar-refractivity contribution in [3.63, 3.8) is 0 Å². The Morgan fingerprint density at radius 2 is 1.65 bits per heavy atom. The minimum Gasteiger partial charge on any atom is -0.444 e. The van der Waals surface area contributed by atoms with Crippen LogP contribution in [0.25, 0.3) is 0 Å². The fourth-order valence-corrected chi connectivity index (χ4v) is 3.21. The molecule has 0 saturated carbocycles. The van der Waals surface area contributed by atoms with Gasteiger partial charge in [-0.05, 0) is 45.6 Å². The van der Waals surface area contributed by atoms with E-state index in [1.54, 1.807) is 65.0 Å². The number of aliphatic hydroxyl groups is 1. The number of rotatable bonds is 11. The molecule has 1 aromatic carbocycles. The molecule has 0 aromatic heterocycles. The van der Waals surface area contributed by atoms with Gasteiger partial charge in [-0.1, -0.05) is 44.2 Å². The van der Waals surface area contributed by atoms with Crippen molar-refractivity contribution in [2.75, 3.05) is 0 Å². The van der Waals surface area contributed by atoms with Crippen molar-refractivity contribution in [1.29, 1.82) is 0 Å². The van der Waals surface area contributed by atoms with Gasteiger partial charge in [0.25, 0.3) is 5.92 Å². The van der Waals surface area contributed by atoms with Crippen LogP contribution >= 0.6 is 0 Å². The van der Waals surface area contributed by atoms with Crippen molar-refractivity contribution in [3.05, 3.63) is 35.9 Å². The van der Waals surface area contributed by atoms with E-state index in [0.29, 0.717) is 0 Å². The van der Waals surface area contributed by atoms with E-state index < -0.39 is 53.4 Å². The molecule has 10 heteroatoms. The molecule has 1 aromatic rings. The van der Waals surface area contributed by atoms with E-state index in [9.17, 15) is 19.5 Å². The first-order valence-corrected chi connectivity index (χ1v) is 11.2. The molecule has 0 radical (unpaired) electrons. The number of aliphatic hydroxyl groups excluding tert-OH is 1. The van der Waals surface area contributed by atoms with Crippen molar-refractivity contribution in [2.24, 2.45) is 17.6 Å².